The van der Waals surface area contributed by atoms with E-state index in [0.29, 0.717) is 5.13 Å². The number of hydrogen-bond donors (Lipinski definition) is 0. The Morgan fingerprint density at radius 1 is 1.36 bits per heavy atom. The van der Waals surface area contributed by atoms with Crippen LogP contribution in [-0.4, -0.2) is 29.7 Å². The molecule has 6 nitrogen and oxygen atoms in total. The molecule has 0 radical (unpaired) electrons. The maximum Gasteiger partial charge on any atom is 0.324 e. The van der Waals surface area contributed by atoms with Crippen molar-refractivity contribution >= 4 is 34.6 Å². The normalized spacial score (nSPS) is 17.0. The van der Waals surface area contributed by atoms with Gasteiger partial charge in [0.1, 0.15) is 0 Å². The van der Waals surface area contributed by atoms with Crippen molar-refractivity contribution in [1.82, 2.24) is 4.98 Å². The quantitative estimate of drug-likeness (QED) is 0.641. The van der Waals surface area contributed by atoms with Crippen LogP contribution in [0.4, 0.5) is 5.13 Å². The molecular formula is C15H13N3O3S. The zero-order valence-electron chi connectivity index (χ0n) is 11.8. The molecule has 0 spiro atoms. The first-order valence-corrected chi connectivity index (χ1v) is 7.64. The van der Waals surface area contributed by atoms with E-state index < -0.39 is 17.8 Å². The second kappa shape index (κ2) is 6.07. The average Bonchev–Trinajstić information content (AvgIpc) is 3.15. The monoisotopic (exact) mass is 315 g/mol. The van der Waals surface area contributed by atoms with Crippen LogP contribution in [0.2, 0.25) is 0 Å². The van der Waals surface area contributed by atoms with Crippen molar-refractivity contribution in [2.24, 2.45) is 11.0 Å². The number of aromatic nitrogens is 1. The molecule has 1 unspecified atom stereocenters. The lowest BCUT2D eigenvalue weighted by Crippen LogP contribution is -2.32. The molecule has 1 atom stereocenters. The van der Waals surface area contributed by atoms with Gasteiger partial charge in [0, 0.05) is 17.2 Å². The van der Waals surface area contributed by atoms with E-state index >= 15 is 0 Å². The Bertz CT molecular complexity index is 727. The number of anilines is 1. The Balaban J connectivity index is 1.79. The van der Waals surface area contributed by atoms with E-state index in [9.17, 15) is 9.59 Å². The zero-order valence-corrected chi connectivity index (χ0v) is 12.6. The molecule has 112 valence electrons. The summed E-state index contributed by atoms with van der Waals surface area (Å²) in [5, 5.41) is 7.43. The first-order chi connectivity index (χ1) is 10.7. The molecule has 1 aliphatic heterocycles. The van der Waals surface area contributed by atoms with Crippen LogP contribution in [-0.2, 0) is 14.3 Å². The molecule has 1 aromatic carbocycles. The number of benzene rings is 1. The molecule has 22 heavy (non-hydrogen) atoms. The van der Waals surface area contributed by atoms with Crippen LogP contribution in [0.25, 0.3) is 11.3 Å². The van der Waals surface area contributed by atoms with Gasteiger partial charge in [-0.05, 0) is 6.92 Å². The van der Waals surface area contributed by atoms with Crippen LogP contribution in [0.15, 0.2) is 40.8 Å². The number of carbonyl (C=O) groups is 2. The first-order valence-electron chi connectivity index (χ1n) is 6.76. The molecule has 7 heteroatoms. The van der Waals surface area contributed by atoms with Crippen molar-refractivity contribution < 1.29 is 14.3 Å². The minimum Gasteiger partial charge on any atom is -0.465 e. The Morgan fingerprint density at radius 3 is 2.86 bits per heavy atom. The summed E-state index contributed by atoms with van der Waals surface area (Å²) in [6.07, 6.45) is 1.30. The summed E-state index contributed by atoms with van der Waals surface area (Å²) in [6.45, 7) is 1.92. The standard InChI is InChI=1S/C15H13N3O3S/c1-2-21-14(20)11-8-16-18(13(11)19)15-17-12(9-22-15)10-6-4-3-5-7-10/h3-9,11H,2H2,1H3. The number of hydrogen-bond acceptors (Lipinski definition) is 6. The molecule has 1 aliphatic rings. The van der Waals surface area contributed by atoms with E-state index in [0.717, 1.165) is 16.3 Å². The largest absolute Gasteiger partial charge is 0.465 e. The van der Waals surface area contributed by atoms with Crippen molar-refractivity contribution in [1.29, 1.82) is 0 Å². The number of ether oxygens (including phenoxy) is 1. The zero-order chi connectivity index (χ0) is 15.5. The van der Waals surface area contributed by atoms with Gasteiger partial charge < -0.3 is 4.74 Å². The first kappa shape index (κ1) is 14.4. The predicted octanol–water partition coefficient (Wildman–Crippen LogP) is 2.32. The topological polar surface area (TPSA) is 71.9 Å². The van der Waals surface area contributed by atoms with Crippen LogP contribution in [0.3, 0.4) is 0 Å². The summed E-state index contributed by atoms with van der Waals surface area (Å²) in [6, 6.07) is 9.65. The van der Waals surface area contributed by atoms with Gasteiger partial charge in [0.2, 0.25) is 5.13 Å². The number of amides is 1. The Labute approximate surface area is 131 Å². The minimum absolute atomic E-state index is 0.228. The Morgan fingerprint density at radius 2 is 2.14 bits per heavy atom. The lowest BCUT2D eigenvalue weighted by Gasteiger charge is -2.10. The van der Waals surface area contributed by atoms with Crippen molar-refractivity contribution in [3.05, 3.63) is 35.7 Å². The van der Waals surface area contributed by atoms with Gasteiger partial charge in [-0.25, -0.2) is 4.98 Å². The van der Waals surface area contributed by atoms with Gasteiger partial charge >= 0.3 is 5.97 Å². The molecule has 0 saturated heterocycles. The minimum atomic E-state index is -0.982. The van der Waals surface area contributed by atoms with Gasteiger partial charge in [0.05, 0.1) is 12.3 Å². The predicted molar refractivity (Wildman–Crippen MR) is 83.7 cm³/mol. The van der Waals surface area contributed by atoms with Crippen LogP contribution >= 0.6 is 11.3 Å². The number of thiazole rings is 1. The summed E-state index contributed by atoms with van der Waals surface area (Å²) in [5.74, 6) is -2.00. The molecule has 0 saturated carbocycles. The number of hydrazone groups is 1. The highest BCUT2D eigenvalue weighted by molar-refractivity contribution is 7.14. The molecule has 0 aliphatic carbocycles. The summed E-state index contributed by atoms with van der Waals surface area (Å²) in [4.78, 5) is 28.3. The molecule has 0 bridgehead atoms. The second-order valence-electron chi connectivity index (χ2n) is 4.53. The third-order valence-electron chi connectivity index (χ3n) is 3.09. The van der Waals surface area contributed by atoms with E-state index in [4.69, 9.17) is 4.74 Å². The summed E-state index contributed by atoms with van der Waals surface area (Å²) in [5.41, 5.74) is 1.73. The van der Waals surface area contributed by atoms with Gasteiger partial charge in [0.15, 0.2) is 5.92 Å². The van der Waals surface area contributed by atoms with Gasteiger partial charge in [-0.1, -0.05) is 30.3 Å². The van der Waals surface area contributed by atoms with Crippen molar-refractivity contribution in [2.75, 3.05) is 11.6 Å². The molecule has 2 heterocycles. The average molecular weight is 315 g/mol. The fourth-order valence-electron chi connectivity index (χ4n) is 2.03. The lowest BCUT2D eigenvalue weighted by molar-refractivity contribution is -0.147. The highest BCUT2D eigenvalue weighted by Crippen LogP contribution is 2.30. The van der Waals surface area contributed by atoms with Crippen LogP contribution in [0, 0.1) is 5.92 Å². The van der Waals surface area contributed by atoms with Crippen LogP contribution < -0.4 is 5.01 Å². The Kier molecular flexibility index (Phi) is 3.97. The van der Waals surface area contributed by atoms with E-state index in [-0.39, 0.29) is 6.61 Å². The van der Waals surface area contributed by atoms with E-state index in [1.54, 1.807) is 6.92 Å². The molecule has 1 aromatic heterocycles. The number of carbonyl (C=O) groups excluding carboxylic acids is 2. The molecular weight excluding hydrogens is 302 g/mol. The summed E-state index contributed by atoms with van der Waals surface area (Å²) >= 11 is 1.30. The van der Waals surface area contributed by atoms with Crippen molar-refractivity contribution in [3.8, 4) is 11.3 Å². The SMILES string of the molecule is CCOC(=O)C1C=NN(c2nc(-c3ccccc3)cs2)C1=O. The smallest absolute Gasteiger partial charge is 0.324 e. The second-order valence-corrected chi connectivity index (χ2v) is 5.36. The van der Waals surface area contributed by atoms with E-state index in [1.165, 1.54) is 17.6 Å². The fourth-order valence-corrected chi connectivity index (χ4v) is 2.82. The molecule has 0 fully saturated rings. The lowest BCUT2D eigenvalue weighted by atomic mass is 10.1. The van der Waals surface area contributed by atoms with Gasteiger partial charge in [-0.3, -0.25) is 9.59 Å². The van der Waals surface area contributed by atoms with Gasteiger partial charge in [-0.2, -0.15) is 10.1 Å². The van der Waals surface area contributed by atoms with Crippen molar-refractivity contribution in [2.45, 2.75) is 6.92 Å². The maximum atomic E-state index is 12.2. The Hall–Kier alpha value is -2.54. The van der Waals surface area contributed by atoms with Crippen molar-refractivity contribution in [3.63, 3.8) is 0 Å². The van der Waals surface area contributed by atoms with Crippen LogP contribution in [0.5, 0.6) is 0 Å². The molecule has 3 rings (SSSR count). The third kappa shape index (κ3) is 2.62. The van der Waals surface area contributed by atoms with Crippen LogP contribution in [0.1, 0.15) is 6.92 Å². The van der Waals surface area contributed by atoms with Gasteiger partial charge in [-0.15, -0.1) is 11.3 Å². The molecule has 0 N–H and O–H groups in total. The van der Waals surface area contributed by atoms with E-state index in [1.807, 2.05) is 35.7 Å². The third-order valence-corrected chi connectivity index (χ3v) is 3.91. The number of nitrogens with zero attached hydrogens (tertiary/aromatic N) is 3. The number of rotatable bonds is 4. The highest BCUT2D eigenvalue weighted by atomic mass is 32.1. The molecule has 2 aromatic rings. The summed E-state index contributed by atoms with van der Waals surface area (Å²) < 4.78 is 4.86. The molecule has 1 amide bonds. The fraction of sp³-hybridized carbons (Fsp3) is 0.200. The summed E-state index contributed by atoms with van der Waals surface area (Å²) in [7, 11) is 0. The maximum absolute atomic E-state index is 12.2. The van der Waals surface area contributed by atoms with E-state index in [2.05, 4.69) is 10.1 Å². The highest BCUT2D eigenvalue weighted by Gasteiger charge is 2.37. The van der Waals surface area contributed by atoms with Gasteiger partial charge in [0.25, 0.3) is 5.91 Å². The number of esters is 1.